The lowest BCUT2D eigenvalue weighted by atomic mass is 10.1. The van der Waals surface area contributed by atoms with Crippen LogP contribution in [0.25, 0.3) is 0 Å². The summed E-state index contributed by atoms with van der Waals surface area (Å²) in [6, 6.07) is 6.80. The summed E-state index contributed by atoms with van der Waals surface area (Å²) >= 11 is 0. The molecule has 1 amide bonds. The number of aliphatic hydroxyl groups is 1. The van der Waals surface area contributed by atoms with Crippen molar-refractivity contribution in [2.75, 3.05) is 6.61 Å². The van der Waals surface area contributed by atoms with E-state index in [1.165, 1.54) is 36.5 Å². The summed E-state index contributed by atoms with van der Waals surface area (Å²) < 4.78 is 42.2. The summed E-state index contributed by atoms with van der Waals surface area (Å²) in [6.45, 7) is -1.14. The van der Waals surface area contributed by atoms with Crippen LogP contribution >= 0.6 is 0 Å². The quantitative estimate of drug-likeness (QED) is 0.811. The minimum Gasteiger partial charge on any atom is -0.472 e. The Hall–Kier alpha value is -2.61. The first-order valence-corrected chi connectivity index (χ1v) is 7.03. The van der Waals surface area contributed by atoms with Crippen molar-refractivity contribution in [1.82, 2.24) is 10.3 Å². The highest BCUT2D eigenvalue weighted by molar-refractivity contribution is 5.94. The second-order valence-corrected chi connectivity index (χ2v) is 4.85. The summed E-state index contributed by atoms with van der Waals surface area (Å²) in [5.41, 5.74) is 0.934. The van der Waals surface area contributed by atoms with Gasteiger partial charge in [-0.1, -0.05) is 6.07 Å². The van der Waals surface area contributed by atoms with Crippen LogP contribution in [0.1, 0.15) is 21.5 Å². The Labute approximate surface area is 136 Å². The van der Waals surface area contributed by atoms with Crippen LogP contribution < -0.4 is 10.1 Å². The summed E-state index contributed by atoms with van der Waals surface area (Å²) in [4.78, 5) is 15.8. The molecule has 128 valence electrons. The number of alkyl halides is 2. The number of benzene rings is 1. The fourth-order valence-corrected chi connectivity index (χ4v) is 1.92. The molecule has 0 saturated carbocycles. The summed E-state index contributed by atoms with van der Waals surface area (Å²) in [5, 5.41) is 11.6. The number of aliphatic hydroxyl groups excluding tert-OH is 1. The average molecular weight is 340 g/mol. The molecule has 8 heteroatoms. The molecule has 0 fully saturated rings. The first-order valence-electron chi connectivity index (χ1n) is 7.03. The number of hydrogen-bond acceptors (Lipinski definition) is 4. The van der Waals surface area contributed by atoms with Gasteiger partial charge in [0.25, 0.3) is 12.3 Å². The molecule has 0 atom stereocenters. The van der Waals surface area contributed by atoms with E-state index in [1.54, 1.807) is 0 Å². The molecule has 0 aliphatic heterocycles. The number of aromatic nitrogens is 1. The van der Waals surface area contributed by atoms with Crippen LogP contribution in [0.3, 0.4) is 0 Å². The Bertz CT molecular complexity index is 711. The Morgan fingerprint density at radius 2 is 2.08 bits per heavy atom. The van der Waals surface area contributed by atoms with Crippen LogP contribution in [0.5, 0.6) is 5.88 Å². The predicted molar refractivity (Wildman–Crippen MR) is 79.2 cm³/mol. The number of nitrogens with zero attached hydrogens (tertiary/aromatic N) is 1. The molecule has 0 aliphatic rings. The van der Waals surface area contributed by atoms with E-state index in [-0.39, 0.29) is 23.6 Å². The van der Waals surface area contributed by atoms with Gasteiger partial charge in [0.15, 0.2) is 6.61 Å². The van der Waals surface area contributed by atoms with Gasteiger partial charge in [-0.3, -0.25) is 4.79 Å². The molecule has 0 bridgehead atoms. The van der Waals surface area contributed by atoms with Gasteiger partial charge in [-0.15, -0.1) is 0 Å². The molecule has 0 radical (unpaired) electrons. The Morgan fingerprint density at radius 1 is 1.29 bits per heavy atom. The van der Waals surface area contributed by atoms with Crippen molar-refractivity contribution in [3.63, 3.8) is 0 Å². The molecular weight excluding hydrogens is 325 g/mol. The van der Waals surface area contributed by atoms with Crippen LogP contribution in [0, 0.1) is 5.82 Å². The molecule has 24 heavy (non-hydrogen) atoms. The van der Waals surface area contributed by atoms with Gasteiger partial charge in [0.05, 0.1) is 6.61 Å². The maximum absolute atomic E-state index is 13.3. The van der Waals surface area contributed by atoms with Gasteiger partial charge in [-0.05, 0) is 23.8 Å². The molecular formula is C16H15F3N2O3. The zero-order valence-electron chi connectivity index (χ0n) is 12.5. The van der Waals surface area contributed by atoms with E-state index in [4.69, 9.17) is 9.84 Å². The highest BCUT2D eigenvalue weighted by atomic mass is 19.3. The molecule has 1 heterocycles. The Morgan fingerprint density at radius 3 is 2.79 bits per heavy atom. The van der Waals surface area contributed by atoms with Crippen molar-refractivity contribution in [1.29, 1.82) is 0 Å². The smallest absolute Gasteiger partial charge is 0.272 e. The second-order valence-electron chi connectivity index (χ2n) is 4.85. The lowest BCUT2D eigenvalue weighted by molar-refractivity contribution is 0.0794. The first kappa shape index (κ1) is 17.7. The zero-order valence-corrected chi connectivity index (χ0v) is 12.5. The van der Waals surface area contributed by atoms with E-state index in [0.29, 0.717) is 5.56 Å². The molecule has 2 aromatic rings. The third-order valence-electron chi connectivity index (χ3n) is 3.09. The number of nitrogens with one attached hydrogen (secondary N) is 1. The number of carbonyl (C=O) groups excluding carboxylic acids is 1. The van der Waals surface area contributed by atoms with E-state index < -0.39 is 31.4 Å². The van der Waals surface area contributed by atoms with Crippen molar-refractivity contribution in [3.05, 3.63) is 59.0 Å². The number of ether oxygens (including phenoxy) is 1. The molecule has 0 saturated heterocycles. The van der Waals surface area contributed by atoms with E-state index in [2.05, 4.69) is 10.3 Å². The SMILES string of the molecule is O=C(NCc1ccc(F)c(CO)c1)c1ccnc(OCC(F)F)c1. The number of halogens is 3. The standard InChI is InChI=1S/C16H15F3N2O3/c17-13-2-1-10(5-12(13)8-22)7-21-16(23)11-3-4-20-15(6-11)24-9-14(18)19/h1-6,14,22H,7-9H2,(H,21,23). The molecule has 0 aliphatic carbocycles. The van der Waals surface area contributed by atoms with Crippen LogP contribution in [-0.2, 0) is 13.2 Å². The molecule has 5 nitrogen and oxygen atoms in total. The van der Waals surface area contributed by atoms with Crippen molar-refractivity contribution >= 4 is 5.91 Å². The van der Waals surface area contributed by atoms with Gasteiger partial charge in [0.2, 0.25) is 5.88 Å². The van der Waals surface area contributed by atoms with Crippen molar-refractivity contribution in [3.8, 4) is 5.88 Å². The summed E-state index contributed by atoms with van der Waals surface area (Å²) in [5.74, 6) is -1.07. The summed E-state index contributed by atoms with van der Waals surface area (Å²) in [6.07, 6.45) is -1.36. The van der Waals surface area contributed by atoms with Crippen LogP contribution in [0.4, 0.5) is 13.2 Å². The molecule has 2 rings (SSSR count). The average Bonchev–Trinajstić information content (AvgIpc) is 2.59. The molecule has 2 N–H and O–H groups in total. The maximum Gasteiger partial charge on any atom is 0.272 e. The third-order valence-corrected chi connectivity index (χ3v) is 3.09. The lowest BCUT2D eigenvalue weighted by Crippen LogP contribution is -2.23. The van der Waals surface area contributed by atoms with E-state index in [0.717, 1.165) is 0 Å². The first-order chi connectivity index (χ1) is 11.5. The Balaban J connectivity index is 1.98. The van der Waals surface area contributed by atoms with Gasteiger partial charge in [-0.2, -0.15) is 0 Å². The highest BCUT2D eigenvalue weighted by Crippen LogP contribution is 2.12. The third kappa shape index (κ3) is 4.95. The number of carbonyl (C=O) groups is 1. The van der Waals surface area contributed by atoms with Gasteiger partial charge >= 0.3 is 0 Å². The van der Waals surface area contributed by atoms with E-state index in [1.807, 2.05) is 0 Å². The fraction of sp³-hybridized carbons (Fsp3) is 0.250. The van der Waals surface area contributed by atoms with Crippen molar-refractivity contribution in [2.45, 2.75) is 19.6 Å². The topological polar surface area (TPSA) is 71.5 Å². The van der Waals surface area contributed by atoms with Gasteiger partial charge in [0, 0.05) is 29.9 Å². The number of rotatable bonds is 7. The lowest BCUT2D eigenvalue weighted by Gasteiger charge is -2.09. The minimum absolute atomic E-state index is 0.0766. The molecule has 1 aromatic carbocycles. The van der Waals surface area contributed by atoms with Crippen LogP contribution in [0.15, 0.2) is 36.5 Å². The summed E-state index contributed by atoms with van der Waals surface area (Å²) in [7, 11) is 0. The fourth-order valence-electron chi connectivity index (χ4n) is 1.92. The van der Waals surface area contributed by atoms with Crippen molar-refractivity contribution < 1.29 is 27.8 Å². The van der Waals surface area contributed by atoms with E-state index in [9.17, 15) is 18.0 Å². The minimum atomic E-state index is -2.64. The monoisotopic (exact) mass is 340 g/mol. The second kappa shape index (κ2) is 8.30. The normalized spacial score (nSPS) is 10.7. The largest absolute Gasteiger partial charge is 0.472 e. The number of pyridine rings is 1. The van der Waals surface area contributed by atoms with Gasteiger partial charge in [-0.25, -0.2) is 18.2 Å². The zero-order chi connectivity index (χ0) is 17.5. The van der Waals surface area contributed by atoms with Gasteiger partial charge in [0.1, 0.15) is 5.82 Å². The Kier molecular flexibility index (Phi) is 6.14. The van der Waals surface area contributed by atoms with Crippen LogP contribution in [-0.4, -0.2) is 29.0 Å². The number of hydrogen-bond donors (Lipinski definition) is 2. The van der Waals surface area contributed by atoms with Crippen molar-refractivity contribution in [2.24, 2.45) is 0 Å². The van der Waals surface area contributed by atoms with Crippen LogP contribution in [0.2, 0.25) is 0 Å². The maximum atomic E-state index is 13.3. The number of amides is 1. The predicted octanol–water partition coefficient (Wildman–Crippen LogP) is 2.29. The molecule has 0 spiro atoms. The highest BCUT2D eigenvalue weighted by Gasteiger charge is 2.10. The van der Waals surface area contributed by atoms with E-state index >= 15 is 0 Å². The van der Waals surface area contributed by atoms with Gasteiger partial charge < -0.3 is 15.2 Å². The molecule has 0 unspecified atom stereocenters. The molecule has 1 aromatic heterocycles.